The number of hydrogen-bond donors (Lipinski definition) is 5. The smallest absolute Gasteiger partial charge is 0.331 e. The van der Waals surface area contributed by atoms with Crippen LogP contribution < -0.4 is 21.7 Å². The molecule has 0 radical (unpaired) electrons. The van der Waals surface area contributed by atoms with Crippen molar-refractivity contribution in [2.45, 2.75) is 95.2 Å². The second kappa shape index (κ2) is 12.6. The number of ether oxygens (including phenoxy) is 1. The van der Waals surface area contributed by atoms with Crippen molar-refractivity contribution in [2.24, 2.45) is 11.7 Å². The summed E-state index contributed by atoms with van der Waals surface area (Å²) in [4.78, 5) is 49.4. The van der Waals surface area contributed by atoms with Gasteiger partial charge in [-0.1, -0.05) is 32.1 Å². The Morgan fingerprint density at radius 3 is 2.28 bits per heavy atom. The maximum absolute atomic E-state index is 13.1. The molecule has 0 aliphatic heterocycles. The fraction of sp³-hybridized carbons (Fsp3) is 0.818. The lowest BCUT2D eigenvalue weighted by atomic mass is 9.84. The van der Waals surface area contributed by atoms with E-state index < -0.39 is 41.5 Å². The Balaban J connectivity index is 2.01. The molecule has 2 rings (SSSR count). The third kappa shape index (κ3) is 7.96. The molecule has 0 heterocycles. The number of amides is 3. The Morgan fingerprint density at radius 2 is 1.72 bits per heavy atom. The Bertz CT molecular complexity index is 661. The van der Waals surface area contributed by atoms with Crippen LogP contribution in [0.3, 0.4) is 0 Å². The summed E-state index contributed by atoms with van der Waals surface area (Å²) in [5.41, 5.74) is 4.44. The molecule has 2 fully saturated rings. The van der Waals surface area contributed by atoms with Gasteiger partial charge in [-0.3, -0.25) is 4.79 Å². The van der Waals surface area contributed by atoms with Crippen molar-refractivity contribution in [1.82, 2.24) is 16.0 Å². The molecule has 3 amide bonds. The minimum atomic E-state index is -1.13. The number of hydrogen-bond acceptors (Lipinski definition) is 6. The van der Waals surface area contributed by atoms with Gasteiger partial charge in [-0.05, 0) is 57.9 Å². The van der Waals surface area contributed by atoms with Gasteiger partial charge in [0, 0.05) is 0 Å². The molecule has 0 aromatic heterocycles. The molecule has 2 aliphatic rings. The molecule has 2 atom stereocenters. The van der Waals surface area contributed by atoms with Crippen LogP contribution in [0, 0.1) is 5.92 Å². The molecule has 32 heavy (non-hydrogen) atoms. The average molecular weight is 455 g/mol. The van der Waals surface area contributed by atoms with E-state index in [1.54, 1.807) is 6.92 Å². The second-order valence-corrected chi connectivity index (χ2v) is 8.88. The Labute approximate surface area is 189 Å². The van der Waals surface area contributed by atoms with E-state index in [1.807, 2.05) is 0 Å². The molecule has 0 aromatic carbocycles. The first-order valence-electron chi connectivity index (χ1n) is 11.8. The van der Waals surface area contributed by atoms with Crippen LogP contribution in [0.15, 0.2) is 0 Å². The number of unbranched alkanes of at least 4 members (excludes halogenated alkanes) is 1. The van der Waals surface area contributed by atoms with Crippen molar-refractivity contribution in [3.63, 3.8) is 0 Å². The minimum Gasteiger partial charge on any atom is -0.480 e. The van der Waals surface area contributed by atoms with E-state index in [2.05, 4.69) is 16.0 Å². The maximum atomic E-state index is 13.1. The molecule has 0 unspecified atom stereocenters. The van der Waals surface area contributed by atoms with Gasteiger partial charge in [0.1, 0.15) is 17.6 Å². The fourth-order valence-corrected chi connectivity index (χ4v) is 4.19. The van der Waals surface area contributed by atoms with E-state index in [0.717, 1.165) is 32.1 Å². The first kappa shape index (κ1) is 25.9. The first-order chi connectivity index (χ1) is 15.3. The van der Waals surface area contributed by atoms with Crippen LogP contribution in [0.4, 0.5) is 4.79 Å². The van der Waals surface area contributed by atoms with Crippen LogP contribution in [0.1, 0.15) is 77.6 Å². The van der Waals surface area contributed by atoms with Gasteiger partial charge in [-0.25, -0.2) is 14.4 Å². The van der Waals surface area contributed by atoms with Gasteiger partial charge in [-0.15, -0.1) is 0 Å². The number of nitrogens with two attached hydrogens (primary N) is 1. The summed E-state index contributed by atoms with van der Waals surface area (Å²) in [7, 11) is 0. The van der Waals surface area contributed by atoms with Gasteiger partial charge in [-0.2, -0.15) is 0 Å². The standard InChI is InChI=1S/C22H38N4O6/c1-2-32-20(30)22(11-12-22)26-18(27)17(14-15-8-4-3-5-9-15)25-21(31)24-16(19(28)29)10-6-7-13-23/h15-17H,2-14,23H2,1H3,(H,26,27)(H,28,29)(H2,24,25,31)/t16-,17+/m0/s1. The lowest BCUT2D eigenvalue weighted by Gasteiger charge is -2.28. The van der Waals surface area contributed by atoms with Crippen LogP contribution in [0.25, 0.3) is 0 Å². The number of carbonyl (C=O) groups is 4. The van der Waals surface area contributed by atoms with Gasteiger partial charge in [0.05, 0.1) is 6.61 Å². The molecular formula is C22H38N4O6. The number of nitrogens with one attached hydrogen (secondary N) is 3. The summed E-state index contributed by atoms with van der Waals surface area (Å²) < 4.78 is 5.08. The molecule has 0 spiro atoms. The van der Waals surface area contributed by atoms with E-state index in [9.17, 15) is 24.3 Å². The van der Waals surface area contributed by atoms with Gasteiger partial charge in [0.2, 0.25) is 5.91 Å². The van der Waals surface area contributed by atoms with Gasteiger partial charge >= 0.3 is 18.0 Å². The highest BCUT2D eigenvalue weighted by Gasteiger charge is 2.53. The van der Waals surface area contributed by atoms with E-state index in [-0.39, 0.29) is 18.9 Å². The lowest BCUT2D eigenvalue weighted by molar-refractivity contribution is -0.149. The van der Waals surface area contributed by atoms with Crippen LogP contribution in [0.2, 0.25) is 0 Å². The zero-order valence-corrected chi connectivity index (χ0v) is 19.0. The quantitative estimate of drug-likeness (QED) is 0.208. The zero-order chi connectivity index (χ0) is 23.6. The van der Waals surface area contributed by atoms with Crippen LogP contribution >= 0.6 is 0 Å². The summed E-state index contributed by atoms with van der Waals surface area (Å²) in [6, 6.07) is -2.63. The predicted molar refractivity (Wildman–Crippen MR) is 118 cm³/mol. The van der Waals surface area contributed by atoms with Crippen LogP contribution in [-0.2, 0) is 19.1 Å². The molecule has 2 aliphatic carbocycles. The minimum absolute atomic E-state index is 0.226. The molecule has 10 nitrogen and oxygen atoms in total. The van der Waals surface area contributed by atoms with Gasteiger partial charge < -0.3 is 31.5 Å². The summed E-state index contributed by atoms with van der Waals surface area (Å²) in [5.74, 6) is -1.74. The molecular weight excluding hydrogens is 416 g/mol. The number of esters is 1. The third-order valence-corrected chi connectivity index (χ3v) is 6.24. The molecule has 10 heteroatoms. The Morgan fingerprint density at radius 1 is 1.06 bits per heavy atom. The lowest BCUT2D eigenvalue weighted by Crippen LogP contribution is -2.56. The number of carbonyl (C=O) groups excluding carboxylic acids is 3. The fourth-order valence-electron chi connectivity index (χ4n) is 4.19. The average Bonchev–Trinajstić information content (AvgIpc) is 3.54. The van der Waals surface area contributed by atoms with Crippen molar-refractivity contribution in [2.75, 3.05) is 13.2 Å². The molecule has 2 saturated carbocycles. The van der Waals surface area contributed by atoms with Crippen molar-refractivity contribution in [3.8, 4) is 0 Å². The van der Waals surface area contributed by atoms with Crippen molar-refractivity contribution in [3.05, 3.63) is 0 Å². The number of carboxylic acids is 1. The third-order valence-electron chi connectivity index (χ3n) is 6.24. The summed E-state index contributed by atoms with van der Waals surface area (Å²) in [5, 5.41) is 17.3. The molecule has 0 bridgehead atoms. The Hall–Kier alpha value is -2.36. The topological polar surface area (TPSA) is 160 Å². The van der Waals surface area contributed by atoms with E-state index >= 15 is 0 Å². The highest BCUT2D eigenvalue weighted by atomic mass is 16.5. The number of carboxylic acid groups (broad SMARTS) is 1. The zero-order valence-electron chi connectivity index (χ0n) is 19.0. The van der Waals surface area contributed by atoms with Crippen molar-refractivity contribution < 1.29 is 29.0 Å². The monoisotopic (exact) mass is 454 g/mol. The Kier molecular flexibility index (Phi) is 10.2. The number of aliphatic carboxylic acids is 1. The van der Waals surface area contributed by atoms with Crippen LogP contribution in [0.5, 0.6) is 0 Å². The maximum Gasteiger partial charge on any atom is 0.331 e. The predicted octanol–water partition coefficient (Wildman–Crippen LogP) is 1.42. The highest BCUT2D eigenvalue weighted by molar-refractivity contribution is 5.94. The normalized spacial score (nSPS) is 19.3. The second-order valence-electron chi connectivity index (χ2n) is 8.88. The summed E-state index contributed by atoms with van der Waals surface area (Å²) in [6.07, 6.45) is 8.23. The molecule has 0 aromatic rings. The van der Waals surface area contributed by atoms with Crippen LogP contribution in [-0.4, -0.2) is 59.8 Å². The van der Waals surface area contributed by atoms with Gasteiger partial charge in [0.25, 0.3) is 0 Å². The molecule has 182 valence electrons. The van der Waals surface area contributed by atoms with Crippen molar-refractivity contribution >= 4 is 23.9 Å². The number of rotatable bonds is 13. The highest BCUT2D eigenvalue weighted by Crippen LogP contribution is 2.37. The number of urea groups is 1. The van der Waals surface area contributed by atoms with E-state index in [4.69, 9.17) is 10.5 Å². The van der Waals surface area contributed by atoms with E-state index in [0.29, 0.717) is 38.6 Å². The van der Waals surface area contributed by atoms with E-state index in [1.165, 1.54) is 0 Å². The SMILES string of the molecule is CCOC(=O)C1(NC(=O)[C@@H](CC2CCCCC2)NC(=O)N[C@@H](CCCCN)C(=O)O)CC1. The van der Waals surface area contributed by atoms with Crippen molar-refractivity contribution in [1.29, 1.82) is 0 Å². The largest absolute Gasteiger partial charge is 0.480 e. The van der Waals surface area contributed by atoms with Gasteiger partial charge in [0.15, 0.2) is 0 Å². The molecule has 6 N–H and O–H groups in total. The summed E-state index contributed by atoms with van der Waals surface area (Å²) >= 11 is 0. The molecule has 0 saturated heterocycles. The first-order valence-corrected chi connectivity index (χ1v) is 11.8. The summed E-state index contributed by atoms with van der Waals surface area (Å²) in [6.45, 7) is 2.38.